The number of aromatic amines is 1. The molecule has 1 aliphatic heterocycles. The summed E-state index contributed by atoms with van der Waals surface area (Å²) in [7, 11) is 0. The lowest BCUT2D eigenvalue weighted by Gasteiger charge is -2.12. The van der Waals surface area contributed by atoms with Crippen LogP contribution in [-0.4, -0.2) is 25.5 Å². The molecule has 0 aliphatic carbocycles. The fourth-order valence-electron chi connectivity index (χ4n) is 4.56. The number of benzene rings is 3. The summed E-state index contributed by atoms with van der Waals surface area (Å²) in [4.78, 5) is 8.46. The summed E-state index contributed by atoms with van der Waals surface area (Å²) in [6.45, 7) is 1.93. The van der Waals surface area contributed by atoms with E-state index in [1.54, 1.807) is 12.1 Å². The zero-order valence-corrected chi connectivity index (χ0v) is 17.5. The van der Waals surface area contributed by atoms with Gasteiger partial charge < -0.3 is 4.98 Å². The van der Waals surface area contributed by atoms with E-state index in [0.29, 0.717) is 17.7 Å². The van der Waals surface area contributed by atoms with Gasteiger partial charge in [-0.1, -0.05) is 48.5 Å². The minimum Gasteiger partial charge on any atom is -0.361 e. The molecule has 3 aromatic carbocycles. The molecule has 6 rings (SSSR count). The number of hydrogen-bond acceptors (Lipinski definition) is 3. The highest BCUT2D eigenvalue weighted by molar-refractivity contribution is 6.15. The number of H-pyrrole nitrogens is 1. The number of aryl methyl sites for hydroxylation is 1. The molecule has 0 radical (unpaired) electrons. The first-order valence-electron chi connectivity index (χ1n) is 10.6. The highest BCUT2D eigenvalue weighted by Crippen LogP contribution is 2.34. The summed E-state index contributed by atoms with van der Waals surface area (Å²) in [6, 6.07) is 22.6. The number of nitrogens with one attached hydrogen (secondary N) is 1. The first kappa shape index (κ1) is 18.7. The highest BCUT2D eigenvalue weighted by Gasteiger charge is 2.29. The van der Waals surface area contributed by atoms with Crippen molar-refractivity contribution >= 4 is 16.6 Å². The van der Waals surface area contributed by atoms with Gasteiger partial charge in [0, 0.05) is 34.6 Å². The third kappa shape index (κ3) is 2.87. The van der Waals surface area contributed by atoms with Crippen molar-refractivity contribution in [2.75, 3.05) is 0 Å². The number of aromatic nitrogens is 4. The number of fused-ring (bicyclic) bond motifs is 4. The van der Waals surface area contributed by atoms with Gasteiger partial charge >= 0.3 is 0 Å². The molecule has 0 spiro atoms. The number of halogens is 1. The van der Waals surface area contributed by atoms with E-state index < -0.39 is 0 Å². The first-order valence-corrected chi connectivity index (χ1v) is 10.6. The smallest absolute Gasteiger partial charge is 0.162 e. The maximum absolute atomic E-state index is 14.9. The minimum absolute atomic E-state index is 0.290. The predicted octanol–water partition coefficient (Wildman–Crippen LogP) is 5.33. The SMILES string of the molecule is Cc1nnc2n1-c1ccccc1C(c1ccccc1F)=N[C@@H]2Cc1c[nH]c2ccccc12. The van der Waals surface area contributed by atoms with Gasteiger partial charge in [-0.25, -0.2) is 4.39 Å². The summed E-state index contributed by atoms with van der Waals surface area (Å²) in [5.74, 6) is 1.24. The Bertz CT molecular complexity index is 1490. The number of para-hydroxylation sites is 2. The van der Waals surface area contributed by atoms with Crippen molar-refractivity contribution in [2.45, 2.75) is 19.4 Å². The van der Waals surface area contributed by atoms with Crippen molar-refractivity contribution in [1.29, 1.82) is 0 Å². The van der Waals surface area contributed by atoms with Crippen LogP contribution < -0.4 is 0 Å². The van der Waals surface area contributed by atoms with Crippen LogP contribution in [0.25, 0.3) is 16.6 Å². The van der Waals surface area contributed by atoms with E-state index in [1.165, 1.54) is 6.07 Å². The number of hydrogen-bond donors (Lipinski definition) is 1. The topological polar surface area (TPSA) is 58.9 Å². The summed E-state index contributed by atoms with van der Waals surface area (Å²) in [5, 5.41) is 10.0. The Hall–Kier alpha value is -4.06. The molecule has 1 N–H and O–H groups in total. The van der Waals surface area contributed by atoms with Gasteiger partial charge in [0.25, 0.3) is 0 Å². The second-order valence-electron chi connectivity index (χ2n) is 7.99. The van der Waals surface area contributed by atoms with Crippen LogP contribution in [0.5, 0.6) is 0 Å². The molecule has 2 aromatic heterocycles. The van der Waals surface area contributed by atoms with Crippen LogP contribution in [0, 0.1) is 12.7 Å². The lowest BCUT2D eigenvalue weighted by atomic mass is 9.99. The van der Waals surface area contributed by atoms with Crippen LogP contribution >= 0.6 is 0 Å². The lowest BCUT2D eigenvalue weighted by molar-refractivity contribution is 0.623. The maximum Gasteiger partial charge on any atom is 0.162 e. The molecule has 0 unspecified atom stereocenters. The molecule has 0 bridgehead atoms. The van der Waals surface area contributed by atoms with Crippen molar-refractivity contribution in [1.82, 2.24) is 19.7 Å². The highest BCUT2D eigenvalue weighted by atomic mass is 19.1. The van der Waals surface area contributed by atoms with Gasteiger partial charge in [0.05, 0.1) is 11.4 Å². The van der Waals surface area contributed by atoms with E-state index in [9.17, 15) is 4.39 Å². The Kier molecular flexibility index (Phi) is 4.24. The van der Waals surface area contributed by atoms with E-state index in [-0.39, 0.29) is 11.9 Å². The average molecular weight is 421 g/mol. The van der Waals surface area contributed by atoms with Gasteiger partial charge in [-0.3, -0.25) is 9.56 Å². The summed E-state index contributed by atoms with van der Waals surface area (Å²) < 4.78 is 17.0. The number of aliphatic imine (C=N–C) groups is 1. The van der Waals surface area contributed by atoms with Crippen molar-refractivity contribution < 1.29 is 4.39 Å². The van der Waals surface area contributed by atoms with Gasteiger partial charge in [0.1, 0.15) is 17.7 Å². The quantitative estimate of drug-likeness (QED) is 0.428. The van der Waals surface area contributed by atoms with Crippen molar-refractivity contribution in [3.63, 3.8) is 0 Å². The van der Waals surface area contributed by atoms with Gasteiger partial charge in [0.15, 0.2) is 5.82 Å². The fraction of sp³-hybridized carbons (Fsp3) is 0.115. The molecule has 0 fully saturated rings. The Morgan fingerprint density at radius 1 is 0.906 bits per heavy atom. The lowest BCUT2D eigenvalue weighted by Crippen LogP contribution is -2.09. The zero-order chi connectivity index (χ0) is 21.7. The second-order valence-corrected chi connectivity index (χ2v) is 7.99. The third-order valence-corrected chi connectivity index (χ3v) is 6.05. The van der Waals surface area contributed by atoms with Gasteiger partial charge in [0.2, 0.25) is 0 Å². The van der Waals surface area contributed by atoms with Crippen LogP contribution in [0.2, 0.25) is 0 Å². The summed E-state index contributed by atoms with van der Waals surface area (Å²) in [5.41, 5.74) is 5.11. The van der Waals surface area contributed by atoms with Crippen LogP contribution in [-0.2, 0) is 6.42 Å². The van der Waals surface area contributed by atoms with Gasteiger partial charge in [-0.15, -0.1) is 10.2 Å². The largest absolute Gasteiger partial charge is 0.361 e. The van der Waals surface area contributed by atoms with E-state index in [1.807, 2.05) is 60.2 Å². The standard InChI is InChI=1S/C26H20FN5/c1-16-30-31-26-23(14-17-15-28-22-12-6-3-8-18(17)22)29-25(19-9-2-5-11-21(19)27)20-10-4-7-13-24(20)32(16)26/h2-13,15,23,28H,14H2,1H3/t23-/m1/s1. The molecule has 156 valence electrons. The molecular weight excluding hydrogens is 401 g/mol. The molecule has 5 aromatic rings. The van der Waals surface area contributed by atoms with Crippen molar-refractivity contribution in [2.24, 2.45) is 4.99 Å². The van der Waals surface area contributed by atoms with Crippen molar-refractivity contribution in [3.8, 4) is 5.69 Å². The third-order valence-electron chi connectivity index (χ3n) is 6.05. The Morgan fingerprint density at radius 3 is 2.53 bits per heavy atom. The van der Waals surface area contributed by atoms with Gasteiger partial charge in [-0.2, -0.15) is 0 Å². The molecular formula is C26H20FN5. The van der Waals surface area contributed by atoms with Gasteiger partial charge in [-0.05, 0) is 36.8 Å². The minimum atomic E-state index is -0.322. The van der Waals surface area contributed by atoms with E-state index >= 15 is 0 Å². The van der Waals surface area contributed by atoms with Crippen LogP contribution in [0.15, 0.2) is 84.0 Å². The number of rotatable bonds is 3. The normalized spacial score (nSPS) is 15.2. The second kappa shape index (κ2) is 7.27. The maximum atomic E-state index is 14.9. The molecule has 0 amide bonds. The van der Waals surface area contributed by atoms with Crippen LogP contribution in [0.4, 0.5) is 4.39 Å². The molecule has 32 heavy (non-hydrogen) atoms. The molecule has 0 saturated carbocycles. The molecule has 0 saturated heterocycles. The van der Waals surface area contributed by atoms with E-state index in [4.69, 9.17) is 4.99 Å². The fourth-order valence-corrected chi connectivity index (χ4v) is 4.56. The molecule has 5 nitrogen and oxygen atoms in total. The Labute approximate surface area is 184 Å². The summed E-state index contributed by atoms with van der Waals surface area (Å²) >= 11 is 0. The zero-order valence-electron chi connectivity index (χ0n) is 17.5. The van der Waals surface area contributed by atoms with Crippen molar-refractivity contribution in [3.05, 3.63) is 113 Å². The molecule has 1 atom stereocenters. The summed E-state index contributed by atoms with van der Waals surface area (Å²) in [6.07, 6.45) is 2.64. The molecule has 6 heteroatoms. The van der Waals surface area contributed by atoms with E-state index in [0.717, 1.165) is 39.4 Å². The Balaban J connectivity index is 1.59. The monoisotopic (exact) mass is 421 g/mol. The van der Waals surface area contributed by atoms with Crippen LogP contribution in [0.3, 0.4) is 0 Å². The van der Waals surface area contributed by atoms with E-state index in [2.05, 4.69) is 27.3 Å². The average Bonchev–Trinajstić information content (AvgIpc) is 3.37. The Morgan fingerprint density at radius 2 is 1.66 bits per heavy atom. The van der Waals surface area contributed by atoms with Crippen LogP contribution in [0.1, 0.15) is 34.4 Å². The molecule has 3 heterocycles. The predicted molar refractivity (Wildman–Crippen MR) is 123 cm³/mol. The number of nitrogens with zero attached hydrogens (tertiary/aromatic N) is 4. The molecule has 1 aliphatic rings. The first-order chi connectivity index (χ1) is 15.7.